The largest absolute Gasteiger partial charge is 0.465 e. The number of aromatic nitrogens is 2. The quantitative estimate of drug-likeness (QED) is 0.575. The number of amides is 2. The molecule has 33 heavy (non-hydrogen) atoms. The average Bonchev–Trinajstić information content (AvgIpc) is 3.16. The van der Waals surface area contributed by atoms with Crippen LogP contribution in [-0.2, 0) is 0 Å². The number of piperidine rings is 1. The molecule has 0 bridgehead atoms. The first-order valence-corrected chi connectivity index (χ1v) is 9.81. The summed E-state index contributed by atoms with van der Waals surface area (Å²) in [6.07, 6.45) is -5.27. The van der Waals surface area contributed by atoms with Crippen molar-refractivity contribution in [2.24, 2.45) is 17.6 Å². The Bertz CT molecular complexity index is 1080. The van der Waals surface area contributed by atoms with E-state index in [4.69, 9.17) is 5.73 Å². The number of anilines is 2. The van der Waals surface area contributed by atoms with Gasteiger partial charge in [-0.25, -0.2) is 9.18 Å². The van der Waals surface area contributed by atoms with E-state index in [0.29, 0.717) is 10.6 Å². The number of nitriles is 1. The van der Waals surface area contributed by atoms with Gasteiger partial charge >= 0.3 is 12.3 Å². The fraction of sp³-hybridized carbons (Fsp3) is 0.400. The van der Waals surface area contributed by atoms with Crippen molar-refractivity contribution in [3.8, 4) is 6.07 Å². The third kappa shape index (κ3) is 4.84. The van der Waals surface area contributed by atoms with Gasteiger partial charge in [-0.1, -0.05) is 6.92 Å². The number of nitrogens with zero attached hydrogens (tertiary/aromatic N) is 4. The van der Waals surface area contributed by atoms with Gasteiger partial charge in [-0.2, -0.15) is 23.5 Å². The minimum atomic E-state index is -4.76. The summed E-state index contributed by atoms with van der Waals surface area (Å²) in [6.45, 7) is 0.573. The molecule has 4 N–H and O–H groups in total. The van der Waals surface area contributed by atoms with Crippen LogP contribution in [0.4, 0.5) is 33.9 Å². The molecule has 1 aromatic carbocycles. The number of rotatable bonds is 5. The van der Waals surface area contributed by atoms with Gasteiger partial charge in [0.1, 0.15) is 11.4 Å². The second-order valence-electron chi connectivity index (χ2n) is 7.68. The van der Waals surface area contributed by atoms with Crippen molar-refractivity contribution in [2.45, 2.75) is 31.6 Å². The number of carboxylic acid groups (broad SMARTS) is 1. The molecule has 0 saturated carbocycles. The molecule has 2 aromatic rings. The molecule has 4 atom stereocenters. The Morgan fingerprint density at radius 3 is 2.48 bits per heavy atom. The number of alkyl halides is 3. The van der Waals surface area contributed by atoms with E-state index in [1.165, 1.54) is 12.1 Å². The first-order chi connectivity index (χ1) is 15.4. The maximum atomic E-state index is 13.7. The second-order valence-corrected chi connectivity index (χ2v) is 7.68. The lowest BCUT2D eigenvalue weighted by Crippen LogP contribution is -2.57. The Kier molecular flexibility index (Phi) is 6.48. The Balaban J connectivity index is 2.11. The van der Waals surface area contributed by atoms with Crippen LogP contribution in [0.15, 0.2) is 30.5 Å². The van der Waals surface area contributed by atoms with Crippen molar-refractivity contribution in [1.82, 2.24) is 14.7 Å². The van der Waals surface area contributed by atoms with Crippen LogP contribution in [0.25, 0.3) is 0 Å². The van der Waals surface area contributed by atoms with Crippen LogP contribution in [0.3, 0.4) is 0 Å². The first-order valence-electron chi connectivity index (χ1n) is 9.81. The molecular formula is C20H20F4N6O3. The van der Waals surface area contributed by atoms with Crippen LogP contribution in [0.5, 0.6) is 0 Å². The number of likely N-dealkylation sites (tertiary alicyclic amines) is 1. The van der Waals surface area contributed by atoms with E-state index in [0.717, 1.165) is 29.9 Å². The molecule has 2 unspecified atom stereocenters. The summed E-state index contributed by atoms with van der Waals surface area (Å²) in [5.41, 5.74) is 5.52. The van der Waals surface area contributed by atoms with Crippen molar-refractivity contribution in [3.63, 3.8) is 0 Å². The summed E-state index contributed by atoms with van der Waals surface area (Å²) in [5, 5.41) is 26.1. The van der Waals surface area contributed by atoms with Crippen molar-refractivity contribution < 1.29 is 32.3 Å². The number of benzene rings is 1. The summed E-state index contributed by atoms with van der Waals surface area (Å²) in [6, 6.07) is 3.88. The third-order valence-electron chi connectivity index (χ3n) is 5.65. The van der Waals surface area contributed by atoms with Crippen LogP contribution in [0.2, 0.25) is 0 Å². The number of hydrogen-bond donors (Lipinski definition) is 3. The third-order valence-corrected chi connectivity index (χ3v) is 5.65. The van der Waals surface area contributed by atoms with Crippen molar-refractivity contribution in [1.29, 1.82) is 5.26 Å². The molecule has 3 rings (SSSR count). The molecule has 0 radical (unpaired) electrons. The fourth-order valence-corrected chi connectivity index (χ4v) is 3.97. The summed E-state index contributed by atoms with van der Waals surface area (Å²) in [7, 11) is 0. The van der Waals surface area contributed by atoms with Gasteiger partial charge in [0.15, 0.2) is 5.82 Å². The Morgan fingerprint density at radius 1 is 1.33 bits per heavy atom. The highest BCUT2D eigenvalue weighted by Crippen LogP contribution is 2.42. The number of nitrogens with one attached hydrogen (secondary N) is 1. The maximum absolute atomic E-state index is 13.7. The first kappa shape index (κ1) is 23.8. The summed E-state index contributed by atoms with van der Waals surface area (Å²) in [5.74, 6) is -4.75. The molecule has 1 aliphatic heterocycles. The highest BCUT2D eigenvalue weighted by Gasteiger charge is 2.53. The zero-order valence-corrected chi connectivity index (χ0v) is 17.3. The van der Waals surface area contributed by atoms with Crippen LogP contribution >= 0.6 is 0 Å². The highest BCUT2D eigenvalue weighted by molar-refractivity contribution is 5.98. The molecule has 9 nitrogen and oxygen atoms in total. The van der Waals surface area contributed by atoms with E-state index in [1.54, 1.807) is 0 Å². The van der Waals surface area contributed by atoms with E-state index in [1.807, 2.05) is 6.07 Å². The number of hydrogen-bond acceptors (Lipinski definition) is 5. The van der Waals surface area contributed by atoms with Gasteiger partial charge in [-0.05, 0) is 30.7 Å². The van der Waals surface area contributed by atoms with Crippen molar-refractivity contribution in [3.05, 3.63) is 41.8 Å². The predicted molar refractivity (Wildman–Crippen MR) is 107 cm³/mol. The minimum Gasteiger partial charge on any atom is -0.465 e. The topological polar surface area (TPSA) is 137 Å². The number of halogens is 4. The van der Waals surface area contributed by atoms with Gasteiger partial charge < -0.3 is 21.1 Å². The number of nitrogens with two attached hydrogens (primary N) is 1. The van der Waals surface area contributed by atoms with Gasteiger partial charge in [0.05, 0.1) is 30.0 Å². The van der Waals surface area contributed by atoms with Crippen LogP contribution < -0.4 is 11.1 Å². The lowest BCUT2D eigenvalue weighted by molar-refractivity contribution is -0.193. The maximum Gasteiger partial charge on any atom is 0.407 e. The van der Waals surface area contributed by atoms with Gasteiger partial charge in [-0.3, -0.25) is 9.48 Å². The molecule has 1 fully saturated rings. The molecule has 2 heterocycles. The van der Waals surface area contributed by atoms with E-state index in [9.17, 15) is 37.5 Å². The van der Waals surface area contributed by atoms with Crippen LogP contribution in [0, 0.1) is 29.0 Å². The smallest absolute Gasteiger partial charge is 0.407 e. The summed E-state index contributed by atoms with van der Waals surface area (Å²) in [4.78, 5) is 24.4. The predicted octanol–water partition coefficient (Wildman–Crippen LogP) is 3.50. The van der Waals surface area contributed by atoms with E-state index < -0.39 is 47.9 Å². The van der Waals surface area contributed by atoms with Gasteiger partial charge in [0.25, 0.3) is 5.91 Å². The minimum absolute atomic E-state index is 0.0268. The van der Waals surface area contributed by atoms with Gasteiger partial charge in [0, 0.05) is 18.4 Å². The standard InChI is InChI=1S/C20H20F4N6O3/c1-10(20(22,23)24)15-16(11(8-25)6-7-29(15)19(32)33)30-9-14(17(26)31)18(28-30)27-13-4-2-12(21)3-5-13/h2-5,9-11,15-16H,6-7H2,1H3,(H2,26,31)(H,27,28)(H,32,33)/t10?,11-,15?,16-/m1/s1. The molecule has 2 amide bonds. The van der Waals surface area contributed by atoms with E-state index in [2.05, 4.69) is 10.4 Å². The monoisotopic (exact) mass is 468 g/mol. The lowest BCUT2D eigenvalue weighted by atomic mass is 9.80. The molecule has 1 aromatic heterocycles. The van der Waals surface area contributed by atoms with Crippen LogP contribution in [-0.4, -0.2) is 50.6 Å². The second kappa shape index (κ2) is 8.97. The normalized spacial score (nSPS) is 21.8. The van der Waals surface area contributed by atoms with E-state index >= 15 is 0 Å². The summed E-state index contributed by atoms with van der Waals surface area (Å²) >= 11 is 0. The lowest BCUT2D eigenvalue weighted by Gasteiger charge is -2.45. The number of carbonyl (C=O) groups is 2. The van der Waals surface area contributed by atoms with Gasteiger partial charge in [-0.15, -0.1) is 0 Å². The van der Waals surface area contributed by atoms with Crippen LogP contribution in [0.1, 0.15) is 29.7 Å². The van der Waals surface area contributed by atoms with Gasteiger partial charge in [0.2, 0.25) is 0 Å². The zero-order valence-electron chi connectivity index (χ0n) is 17.3. The number of carbonyl (C=O) groups excluding carboxylic acids is 1. The molecule has 13 heteroatoms. The summed E-state index contributed by atoms with van der Waals surface area (Å²) < 4.78 is 55.2. The fourth-order valence-electron chi connectivity index (χ4n) is 3.97. The highest BCUT2D eigenvalue weighted by atomic mass is 19.4. The molecule has 0 spiro atoms. The zero-order chi connectivity index (χ0) is 24.5. The SMILES string of the molecule is CC(C1[C@H](n2cc(C(N)=O)c(Nc3ccc(F)cc3)n2)[C@@H](C#N)CCN1C(=O)O)C(F)(F)F. The van der Waals surface area contributed by atoms with E-state index in [-0.39, 0.29) is 24.3 Å². The molecular weight excluding hydrogens is 448 g/mol. The molecule has 0 aliphatic carbocycles. The Labute approximate surface area is 185 Å². The molecule has 1 aliphatic rings. The average molecular weight is 468 g/mol. The number of primary amides is 1. The Hall–Kier alpha value is -3.82. The van der Waals surface area contributed by atoms with Crippen molar-refractivity contribution in [2.75, 3.05) is 11.9 Å². The van der Waals surface area contributed by atoms with Crippen molar-refractivity contribution >= 4 is 23.5 Å². The molecule has 1 saturated heterocycles. The molecule has 176 valence electrons. The Morgan fingerprint density at radius 2 is 1.97 bits per heavy atom.